The first-order valence-electron chi connectivity index (χ1n) is 9.56. The number of aromatic nitrogens is 3. The van der Waals surface area contributed by atoms with E-state index in [1.54, 1.807) is 12.3 Å². The quantitative estimate of drug-likeness (QED) is 0.749. The highest BCUT2D eigenvalue weighted by atomic mass is 35.5. The van der Waals surface area contributed by atoms with E-state index in [-0.39, 0.29) is 6.04 Å². The second kappa shape index (κ2) is 8.68. The Morgan fingerprint density at radius 2 is 1.96 bits per heavy atom. The Balaban J connectivity index is 1.49. The molecule has 28 heavy (non-hydrogen) atoms. The number of hydrogen-bond acceptors (Lipinski definition) is 7. The smallest absolute Gasteiger partial charge is 0.227 e. The van der Waals surface area contributed by atoms with Crippen molar-refractivity contribution in [3.63, 3.8) is 0 Å². The number of pyridine rings is 1. The molecule has 1 unspecified atom stereocenters. The van der Waals surface area contributed by atoms with Crippen LogP contribution in [0.4, 0.5) is 17.6 Å². The molecule has 4 heterocycles. The molecule has 2 aliphatic heterocycles. The van der Waals surface area contributed by atoms with Crippen LogP contribution >= 0.6 is 23.2 Å². The summed E-state index contributed by atoms with van der Waals surface area (Å²) in [7, 11) is 2.06. The second-order valence-corrected chi connectivity index (χ2v) is 7.97. The minimum absolute atomic E-state index is 0.280. The van der Waals surface area contributed by atoms with Gasteiger partial charge in [-0.15, -0.1) is 0 Å². The maximum Gasteiger partial charge on any atom is 0.227 e. The van der Waals surface area contributed by atoms with E-state index in [4.69, 9.17) is 32.9 Å². The molecule has 2 fully saturated rings. The molecule has 0 radical (unpaired) electrons. The molecule has 0 aliphatic carbocycles. The molecular weight excluding hydrogens is 399 g/mol. The summed E-state index contributed by atoms with van der Waals surface area (Å²) in [5.74, 6) is 2.48. The van der Waals surface area contributed by atoms with Crippen molar-refractivity contribution < 1.29 is 4.74 Å². The van der Waals surface area contributed by atoms with Crippen molar-refractivity contribution in [2.45, 2.75) is 18.9 Å². The van der Waals surface area contributed by atoms with E-state index < -0.39 is 0 Å². The lowest BCUT2D eigenvalue weighted by Crippen LogP contribution is -2.47. The number of ether oxygens (including phenoxy) is 1. The van der Waals surface area contributed by atoms with Crippen molar-refractivity contribution in [1.29, 1.82) is 0 Å². The molecule has 2 aliphatic rings. The molecule has 1 atom stereocenters. The average Bonchev–Trinajstić information content (AvgIpc) is 2.74. The minimum Gasteiger partial charge on any atom is -0.378 e. The summed E-state index contributed by atoms with van der Waals surface area (Å²) in [6.45, 7) is 4.93. The van der Waals surface area contributed by atoms with Crippen molar-refractivity contribution in [3.8, 4) is 0 Å². The van der Waals surface area contributed by atoms with Crippen LogP contribution in [0.2, 0.25) is 10.0 Å². The van der Waals surface area contributed by atoms with Crippen LogP contribution in [0.15, 0.2) is 24.5 Å². The molecule has 7 nitrogen and oxygen atoms in total. The zero-order chi connectivity index (χ0) is 19.5. The normalized spacial score (nSPS) is 20.3. The van der Waals surface area contributed by atoms with Gasteiger partial charge in [0.2, 0.25) is 5.95 Å². The van der Waals surface area contributed by atoms with E-state index >= 15 is 0 Å². The summed E-state index contributed by atoms with van der Waals surface area (Å²) in [6, 6.07) is 3.99. The van der Waals surface area contributed by atoms with Gasteiger partial charge in [-0.2, -0.15) is 4.98 Å². The van der Waals surface area contributed by atoms with Crippen LogP contribution in [-0.4, -0.2) is 67.4 Å². The minimum atomic E-state index is 0.280. The predicted octanol–water partition coefficient (Wildman–Crippen LogP) is 3.12. The van der Waals surface area contributed by atoms with Crippen LogP contribution in [0.5, 0.6) is 0 Å². The van der Waals surface area contributed by atoms with Crippen LogP contribution in [0.1, 0.15) is 12.8 Å². The Bertz CT molecular complexity index is 817. The summed E-state index contributed by atoms with van der Waals surface area (Å²) in [5.41, 5.74) is 0. The van der Waals surface area contributed by atoms with Gasteiger partial charge in [-0.25, -0.2) is 9.97 Å². The van der Waals surface area contributed by atoms with Gasteiger partial charge in [0, 0.05) is 51.7 Å². The highest BCUT2D eigenvalue weighted by Crippen LogP contribution is 2.29. The second-order valence-electron chi connectivity index (χ2n) is 7.13. The fourth-order valence-corrected chi connectivity index (χ4v) is 4.24. The molecule has 150 valence electrons. The van der Waals surface area contributed by atoms with E-state index in [9.17, 15) is 0 Å². The first kappa shape index (κ1) is 19.5. The molecule has 0 N–H and O–H groups in total. The number of likely N-dealkylation sites (N-methyl/N-ethyl adjacent to an activating group) is 1. The van der Waals surface area contributed by atoms with Gasteiger partial charge in [0.15, 0.2) is 0 Å². The monoisotopic (exact) mass is 422 g/mol. The highest BCUT2D eigenvalue weighted by molar-refractivity contribution is 6.36. The third-order valence-electron chi connectivity index (χ3n) is 5.31. The SMILES string of the molecule is CN(c1nccc(N2CCOCC2)n1)C1CCCN(c2ncc(Cl)cc2Cl)C1. The molecule has 2 aromatic rings. The molecule has 2 saturated heterocycles. The van der Waals surface area contributed by atoms with Crippen molar-refractivity contribution in [2.24, 2.45) is 0 Å². The fourth-order valence-electron chi connectivity index (χ4n) is 3.74. The number of nitrogens with zero attached hydrogens (tertiary/aromatic N) is 6. The largest absolute Gasteiger partial charge is 0.378 e. The zero-order valence-electron chi connectivity index (χ0n) is 15.9. The molecular formula is C19H24Cl2N6O. The maximum atomic E-state index is 6.37. The molecule has 0 amide bonds. The topological polar surface area (TPSA) is 57.6 Å². The van der Waals surface area contributed by atoms with Crippen molar-refractivity contribution in [3.05, 3.63) is 34.6 Å². The van der Waals surface area contributed by atoms with Gasteiger partial charge < -0.3 is 19.4 Å². The van der Waals surface area contributed by atoms with Crippen molar-refractivity contribution in [1.82, 2.24) is 15.0 Å². The summed E-state index contributed by atoms with van der Waals surface area (Å²) in [5, 5.41) is 1.13. The summed E-state index contributed by atoms with van der Waals surface area (Å²) < 4.78 is 5.44. The number of hydrogen-bond donors (Lipinski definition) is 0. The first-order chi connectivity index (χ1) is 13.6. The fraction of sp³-hybridized carbons (Fsp3) is 0.526. The molecule has 0 aromatic carbocycles. The number of morpholine rings is 1. The summed E-state index contributed by atoms with van der Waals surface area (Å²) in [4.78, 5) is 20.4. The third kappa shape index (κ3) is 4.26. The first-order valence-corrected chi connectivity index (χ1v) is 10.3. The Morgan fingerprint density at radius 1 is 1.14 bits per heavy atom. The molecule has 9 heteroatoms. The lowest BCUT2D eigenvalue weighted by Gasteiger charge is -2.38. The van der Waals surface area contributed by atoms with Gasteiger partial charge in [-0.3, -0.25) is 0 Å². The Hall–Kier alpha value is -1.83. The van der Waals surface area contributed by atoms with Gasteiger partial charge in [0.05, 0.1) is 23.3 Å². The van der Waals surface area contributed by atoms with Crippen LogP contribution in [0.3, 0.4) is 0 Å². The standard InChI is InChI=1S/C19H24Cl2N6O/c1-25(19-22-5-4-17(24-19)26-7-9-28-10-8-26)15-3-2-6-27(13-15)18-16(21)11-14(20)12-23-18/h4-5,11-12,15H,2-3,6-10,13H2,1H3. The van der Waals surface area contributed by atoms with Crippen LogP contribution in [0, 0.1) is 0 Å². The number of halogens is 2. The Morgan fingerprint density at radius 3 is 2.75 bits per heavy atom. The van der Waals surface area contributed by atoms with Gasteiger partial charge in [0.25, 0.3) is 0 Å². The van der Waals surface area contributed by atoms with E-state index in [1.165, 1.54) is 0 Å². The van der Waals surface area contributed by atoms with Gasteiger partial charge in [0.1, 0.15) is 11.6 Å². The maximum absolute atomic E-state index is 6.37. The lowest BCUT2D eigenvalue weighted by atomic mass is 10.0. The number of anilines is 3. The lowest BCUT2D eigenvalue weighted by molar-refractivity contribution is 0.122. The van der Waals surface area contributed by atoms with E-state index in [2.05, 4.69) is 31.7 Å². The van der Waals surface area contributed by atoms with E-state index in [0.717, 1.165) is 69.8 Å². The average molecular weight is 423 g/mol. The Kier molecular flexibility index (Phi) is 6.04. The van der Waals surface area contributed by atoms with Crippen molar-refractivity contribution in [2.75, 3.05) is 61.1 Å². The highest BCUT2D eigenvalue weighted by Gasteiger charge is 2.27. The third-order valence-corrected chi connectivity index (χ3v) is 5.80. The molecule has 0 bridgehead atoms. The van der Waals surface area contributed by atoms with Crippen LogP contribution in [0.25, 0.3) is 0 Å². The summed E-state index contributed by atoms with van der Waals surface area (Å²) in [6.07, 6.45) is 5.61. The van der Waals surface area contributed by atoms with E-state index in [0.29, 0.717) is 10.0 Å². The summed E-state index contributed by atoms with van der Waals surface area (Å²) >= 11 is 12.4. The van der Waals surface area contributed by atoms with Gasteiger partial charge in [-0.05, 0) is 25.0 Å². The molecule has 4 rings (SSSR count). The molecule has 0 saturated carbocycles. The molecule has 0 spiro atoms. The van der Waals surface area contributed by atoms with Gasteiger partial charge >= 0.3 is 0 Å². The van der Waals surface area contributed by atoms with Crippen LogP contribution in [-0.2, 0) is 4.74 Å². The van der Waals surface area contributed by atoms with E-state index in [1.807, 2.05) is 12.3 Å². The van der Waals surface area contributed by atoms with Gasteiger partial charge in [-0.1, -0.05) is 23.2 Å². The van der Waals surface area contributed by atoms with Crippen LogP contribution < -0.4 is 14.7 Å². The zero-order valence-corrected chi connectivity index (χ0v) is 17.4. The Labute approximate surface area is 175 Å². The van der Waals surface area contributed by atoms with Crippen molar-refractivity contribution >= 4 is 40.8 Å². The molecule has 2 aromatic heterocycles. The predicted molar refractivity (Wildman–Crippen MR) is 113 cm³/mol. The number of piperidine rings is 1. The number of rotatable bonds is 4.